The summed E-state index contributed by atoms with van der Waals surface area (Å²) < 4.78 is 16.9. The van der Waals surface area contributed by atoms with Crippen LogP contribution in [-0.4, -0.2) is 39.3 Å². The van der Waals surface area contributed by atoms with E-state index in [1.165, 1.54) is 6.42 Å². The number of hydrogen-bond donors (Lipinski definition) is 0. The van der Waals surface area contributed by atoms with Gasteiger partial charge in [-0.2, -0.15) is 0 Å². The fraction of sp³-hybridized carbons (Fsp3) is 0.650. The Kier molecular flexibility index (Phi) is 7.73. The zero-order valence-corrected chi connectivity index (χ0v) is 15.0. The molecule has 2 rings (SSSR count). The summed E-state index contributed by atoms with van der Waals surface area (Å²) in [5.41, 5.74) is 2.00. The van der Waals surface area contributed by atoms with E-state index in [-0.39, 0.29) is 0 Å². The maximum Gasteiger partial charge on any atom is 0.150 e. The predicted molar refractivity (Wildman–Crippen MR) is 94.9 cm³/mol. The average Bonchev–Trinajstić information content (AvgIpc) is 2.56. The van der Waals surface area contributed by atoms with Gasteiger partial charge in [0.25, 0.3) is 0 Å². The number of hydrogen-bond acceptors (Lipinski definition) is 4. The third kappa shape index (κ3) is 5.60. The van der Waals surface area contributed by atoms with E-state index in [2.05, 4.69) is 6.92 Å². The zero-order chi connectivity index (χ0) is 17.3. The van der Waals surface area contributed by atoms with Gasteiger partial charge in [0.2, 0.25) is 0 Å². The van der Waals surface area contributed by atoms with Crippen LogP contribution in [-0.2, 0) is 9.47 Å². The van der Waals surface area contributed by atoms with Crippen molar-refractivity contribution in [1.29, 1.82) is 0 Å². The quantitative estimate of drug-likeness (QED) is 0.425. The predicted octanol–water partition coefficient (Wildman–Crippen LogP) is 4.19. The van der Waals surface area contributed by atoms with E-state index in [1.807, 2.05) is 19.1 Å². The molecule has 0 N–H and O–H groups in total. The van der Waals surface area contributed by atoms with Gasteiger partial charge in [-0.15, -0.1) is 0 Å². The molecule has 4 heteroatoms. The minimum atomic E-state index is 0.297. The average molecular weight is 334 g/mol. The lowest BCUT2D eigenvalue weighted by atomic mass is 9.84. The molecular formula is C20H30O4. The molecule has 0 unspecified atom stereocenters. The third-order valence-electron chi connectivity index (χ3n) is 4.75. The Balaban J connectivity index is 1.47. The van der Waals surface area contributed by atoms with Crippen LogP contribution in [0.5, 0.6) is 5.75 Å². The van der Waals surface area contributed by atoms with Gasteiger partial charge in [0.15, 0.2) is 0 Å². The number of benzene rings is 1. The molecule has 4 nitrogen and oxygen atoms in total. The number of rotatable bonds is 12. The van der Waals surface area contributed by atoms with Crippen LogP contribution in [0.15, 0.2) is 18.2 Å². The van der Waals surface area contributed by atoms with Gasteiger partial charge in [-0.3, -0.25) is 4.79 Å². The van der Waals surface area contributed by atoms with Crippen molar-refractivity contribution in [2.24, 2.45) is 5.41 Å². The Morgan fingerprint density at radius 1 is 1.17 bits per heavy atom. The summed E-state index contributed by atoms with van der Waals surface area (Å²) in [5.74, 6) is 0.872. The van der Waals surface area contributed by atoms with Crippen LogP contribution >= 0.6 is 0 Å². The van der Waals surface area contributed by atoms with Crippen molar-refractivity contribution in [2.45, 2.75) is 46.0 Å². The van der Waals surface area contributed by atoms with Crippen molar-refractivity contribution >= 4 is 6.29 Å². The van der Waals surface area contributed by atoms with Crippen LogP contribution < -0.4 is 4.74 Å². The lowest BCUT2D eigenvalue weighted by Crippen LogP contribution is -2.45. The highest BCUT2D eigenvalue weighted by atomic mass is 16.5. The van der Waals surface area contributed by atoms with Crippen LogP contribution in [0.2, 0.25) is 0 Å². The summed E-state index contributed by atoms with van der Waals surface area (Å²) in [6.45, 7) is 8.29. The smallest absolute Gasteiger partial charge is 0.150 e. The highest BCUT2D eigenvalue weighted by molar-refractivity contribution is 5.75. The summed E-state index contributed by atoms with van der Waals surface area (Å²) in [6, 6.07) is 5.53. The molecule has 1 aromatic rings. The highest BCUT2D eigenvalue weighted by Crippen LogP contribution is 2.31. The Morgan fingerprint density at radius 3 is 2.50 bits per heavy atom. The minimum absolute atomic E-state index is 0.297. The first-order valence-corrected chi connectivity index (χ1v) is 9.03. The number of carbonyl (C=O) groups excluding carboxylic acids is 1. The lowest BCUT2D eigenvalue weighted by Gasteiger charge is -2.40. The van der Waals surface area contributed by atoms with E-state index in [0.717, 1.165) is 76.3 Å². The van der Waals surface area contributed by atoms with Gasteiger partial charge in [-0.1, -0.05) is 13.3 Å². The Bertz CT molecular complexity index is 503. The second kappa shape index (κ2) is 9.80. The summed E-state index contributed by atoms with van der Waals surface area (Å²) in [5, 5.41) is 0. The number of aryl methyl sites for hydroxylation is 1. The normalized spacial score (nSPS) is 15.8. The molecule has 1 aromatic carbocycles. The molecule has 1 aliphatic rings. The second-order valence-corrected chi connectivity index (χ2v) is 6.80. The SMILES string of the molecule is CCC1(COCCCCCCOc2ccc(C=O)cc2C)COC1. The van der Waals surface area contributed by atoms with Crippen LogP contribution in [0.25, 0.3) is 0 Å². The maximum absolute atomic E-state index is 10.7. The van der Waals surface area contributed by atoms with Gasteiger partial charge in [-0.05, 0) is 56.4 Å². The van der Waals surface area contributed by atoms with Crippen molar-refractivity contribution in [2.75, 3.05) is 33.0 Å². The summed E-state index contributed by atoms with van der Waals surface area (Å²) in [7, 11) is 0. The Morgan fingerprint density at radius 2 is 1.92 bits per heavy atom. The van der Waals surface area contributed by atoms with E-state index in [4.69, 9.17) is 14.2 Å². The first-order chi connectivity index (χ1) is 11.7. The molecule has 0 aliphatic carbocycles. The molecule has 1 fully saturated rings. The van der Waals surface area contributed by atoms with E-state index < -0.39 is 0 Å². The molecule has 0 saturated carbocycles. The van der Waals surface area contributed by atoms with Crippen LogP contribution in [0, 0.1) is 12.3 Å². The third-order valence-corrected chi connectivity index (χ3v) is 4.75. The largest absolute Gasteiger partial charge is 0.493 e. The molecule has 134 valence electrons. The molecule has 0 radical (unpaired) electrons. The molecule has 1 heterocycles. The first kappa shape index (κ1) is 18.9. The van der Waals surface area contributed by atoms with Crippen molar-refractivity contribution < 1.29 is 19.0 Å². The Labute approximate surface area is 145 Å². The topological polar surface area (TPSA) is 44.8 Å². The number of unbranched alkanes of at least 4 members (excludes halogenated alkanes) is 3. The van der Waals surface area contributed by atoms with Gasteiger partial charge in [-0.25, -0.2) is 0 Å². The van der Waals surface area contributed by atoms with Crippen molar-refractivity contribution in [1.82, 2.24) is 0 Å². The van der Waals surface area contributed by atoms with Crippen molar-refractivity contribution in [3.8, 4) is 5.75 Å². The summed E-state index contributed by atoms with van der Waals surface area (Å²) >= 11 is 0. The zero-order valence-electron chi connectivity index (χ0n) is 15.0. The van der Waals surface area contributed by atoms with Gasteiger partial charge in [0.05, 0.1) is 26.4 Å². The summed E-state index contributed by atoms with van der Waals surface area (Å²) in [6.07, 6.45) is 6.46. The van der Waals surface area contributed by atoms with Gasteiger partial charge >= 0.3 is 0 Å². The molecule has 0 atom stereocenters. The number of carbonyl (C=O) groups is 1. The van der Waals surface area contributed by atoms with Gasteiger partial charge in [0, 0.05) is 17.6 Å². The number of ether oxygens (including phenoxy) is 3. The van der Waals surface area contributed by atoms with E-state index in [1.54, 1.807) is 6.07 Å². The standard InChI is InChI=1S/C20H30O4/c1-3-20(15-23-16-20)14-22-10-6-4-5-7-11-24-19-9-8-18(13-21)12-17(19)2/h8-9,12-13H,3-7,10-11,14-16H2,1-2H3. The molecule has 0 bridgehead atoms. The fourth-order valence-electron chi connectivity index (χ4n) is 2.82. The molecule has 0 aromatic heterocycles. The molecule has 1 aliphatic heterocycles. The molecule has 0 amide bonds. The monoisotopic (exact) mass is 334 g/mol. The van der Waals surface area contributed by atoms with Crippen LogP contribution in [0.4, 0.5) is 0 Å². The van der Waals surface area contributed by atoms with Crippen molar-refractivity contribution in [3.63, 3.8) is 0 Å². The van der Waals surface area contributed by atoms with Crippen LogP contribution in [0.1, 0.15) is 54.9 Å². The van der Waals surface area contributed by atoms with Gasteiger partial charge in [0.1, 0.15) is 12.0 Å². The molecular weight excluding hydrogens is 304 g/mol. The minimum Gasteiger partial charge on any atom is -0.493 e. The highest BCUT2D eigenvalue weighted by Gasteiger charge is 2.36. The van der Waals surface area contributed by atoms with E-state index in [0.29, 0.717) is 11.0 Å². The molecule has 0 spiro atoms. The Hall–Kier alpha value is -1.39. The molecule has 24 heavy (non-hydrogen) atoms. The molecule has 1 saturated heterocycles. The number of aldehydes is 1. The second-order valence-electron chi connectivity index (χ2n) is 6.80. The maximum atomic E-state index is 10.7. The first-order valence-electron chi connectivity index (χ1n) is 9.03. The lowest BCUT2D eigenvalue weighted by molar-refractivity contribution is -0.150. The summed E-state index contributed by atoms with van der Waals surface area (Å²) in [4.78, 5) is 10.7. The van der Waals surface area contributed by atoms with Gasteiger partial charge < -0.3 is 14.2 Å². The van der Waals surface area contributed by atoms with E-state index >= 15 is 0 Å². The van der Waals surface area contributed by atoms with Crippen molar-refractivity contribution in [3.05, 3.63) is 29.3 Å². The fourth-order valence-corrected chi connectivity index (χ4v) is 2.82. The van der Waals surface area contributed by atoms with Crippen LogP contribution in [0.3, 0.4) is 0 Å². The van der Waals surface area contributed by atoms with E-state index in [9.17, 15) is 4.79 Å².